The van der Waals surface area contributed by atoms with Gasteiger partial charge in [0.05, 0.1) is 18.2 Å². The highest BCUT2D eigenvalue weighted by atomic mass is 15.0. The Morgan fingerprint density at radius 2 is 2.08 bits per heavy atom. The Bertz CT molecular complexity index is 418. The second-order valence-electron chi connectivity index (χ2n) is 3.08. The number of aryl methyl sites for hydroxylation is 2. The summed E-state index contributed by atoms with van der Waals surface area (Å²) in [6.45, 7) is 2.07. The Kier molecular flexibility index (Phi) is 1.85. The predicted octanol–water partition coefficient (Wildman–Crippen LogP) is 1.79. The smallest absolute Gasteiger partial charge is 0.0948 e. The van der Waals surface area contributed by atoms with Crippen molar-refractivity contribution in [3.63, 3.8) is 0 Å². The molecule has 0 aliphatic rings. The molecular weight excluding hydrogens is 162 g/mol. The van der Waals surface area contributed by atoms with Crippen LogP contribution >= 0.6 is 0 Å². The average Bonchev–Trinajstić information content (AvgIpc) is 2.52. The first-order valence-electron chi connectivity index (χ1n) is 4.16. The van der Waals surface area contributed by atoms with E-state index < -0.39 is 0 Å². The minimum atomic E-state index is 1.10. The zero-order chi connectivity index (χ0) is 9.26. The first-order chi connectivity index (χ1) is 6.29. The van der Waals surface area contributed by atoms with E-state index in [0.717, 1.165) is 11.3 Å². The molecule has 0 aliphatic carbocycles. The fraction of sp³-hybridized carbons (Fsp3) is 0.200. The van der Waals surface area contributed by atoms with Crippen molar-refractivity contribution in [3.05, 3.63) is 36.5 Å². The lowest BCUT2D eigenvalue weighted by Gasteiger charge is -2.04. The summed E-state index contributed by atoms with van der Waals surface area (Å²) in [5.41, 5.74) is 3.46. The molecule has 13 heavy (non-hydrogen) atoms. The van der Waals surface area contributed by atoms with Crippen LogP contribution in [0.3, 0.4) is 0 Å². The van der Waals surface area contributed by atoms with Crippen LogP contribution in [0.1, 0.15) is 5.56 Å². The maximum absolute atomic E-state index is 4.10. The number of imidazole rings is 1. The molecule has 0 spiro atoms. The summed E-state index contributed by atoms with van der Waals surface area (Å²) in [5, 5.41) is 0. The molecule has 0 bridgehead atoms. The maximum Gasteiger partial charge on any atom is 0.0948 e. The molecule has 0 saturated carbocycles. The Balaban J connectivity index is 2.59. The molecule has 0 saturated heterocycles. The molecule has 0 aliphatic heterocycles. The van der Waals surface area contributed by atoms with Crippen molar-refractivity contribution in [3.8, 4) is 11.3 Å². The second kappa shape index (κ2) is 3.01. The van der Waals surface area contributed by atoms with E-state index in [-0.39, 0.29) is 0 Å². The highest BCUT2D eigenvalue weighted by Gasteiger charge is 2.04. The average molecular weight is 173 g/mol. The van der Waals surface area contributed by atoms with E-state index in [1.165, 1.54) is 5.56 Å². The molecule has 2 heterocycles. The number of hydrogen-bond donors (Lipinski definition) is 0. The molecule has 0 N–H and O–H groups in total. The zero-order valence-electron chi connectivity index (χ0n) is 7.73. The van der Waals surface area contributed by atoms with Crippen molar-refractivity contribution in [2.45, 2.75) is 6.92 Å². The topological polar surface area (TPSA) is 30.7 Å². The van der Waals surface area contributed by atoms with Crippen LogP contribution < -0.4 is 0 Å². The summed E-state index contributed by atoms with van der Waals surface area (Å²) in [7, 11) is 1.98. The fourth-order valence-electron chi connectivity index (χ4n) is 1.35. The van der Waals surface area contributed by atoms with Gasteiger partial charge in [0.15, 0.2) is 0 Å². The molecule has 0 radical (unpaired) electrons. The van der Waals surface area contributed by atoms with Crippen molar-refractivity contribution in [1.29, 1.82) is 0 Å². The van der Waals surface area contributed by atoms with E-state index in [1.54, 1.807) is 12.5 Å². The minimum Gasteiger partial charge on any atom is -0.334 e. The largest absolute Gasteiger partial charge is 0.334 e. The molecule has 0 unspecified atom stereocenters. The SMILES string of the molecule is Cc1ccncc1-c1cncn1C. The van der Waals surface area contributed by atoms with Crippen LogP contribution in [0.5, 0.6) is 0 Å². The van der Waals surface area contributed by atoms with Gasteiger partial charge in [-0.1, -0.05) is 0 Å². The zero-order valence-corrected chi connectivity index (χ0v) is 7.73. The standard InChI is InChI=1S/C10H11N3/c1-8-3-4-11-5-9(8)10-6-12-7-13(10)2/h3-7H,1-2H3. The van der Waals surface area contributed by atoms with Gasteiger partial charge in [-0.3, -0.25) is 4.98 Å². The third-order valence-electron chi connectivity index (χ3n) is 2.13. The molecule has 0 atom stereocenters. The molecule has 0 aromatic carbocycles. The molecule has 3 heteroatoms. The lowest BCUT2D eigenvalue weighted by molar-refractivity contribution is 0.919. The van der Waals surface area contributed by atoms with E-state index in [4.69, 9.17) is 0 Å². The number of pyridine rings is 1. The van der Waals surface area contributed by atoms with Gasteiger partial charge in [-0.15, -0.1) is 0 Å². The highest BCUT2D eigenvalue weighted by molar-refractivity contribution is 5.61. The van der Waals surface area contributed by atoms with Gasteiger partial charge in [-0.2, -0.15) is 0 Å². The lowest BCUT2D eigenvalue weighted by Crippen LogP contribution is -1.91. The molecule has 66 valence electrons. The number of rotatable bonds is 1. The van der Waals surface area contributed by atoms with Crippen LogP contribution in [-0.4, -0.2) is 14.5 Å². The fourth-order valence-corrected chi connectivity index (χ4v) is 1.35. The second-order valence-corrected chi connectivity index (χ2v) is 3.08. The summed E-state index contributed by atoms with van der Waals surface area (Å²) in [6, 6.07) is 2.00. The van der Waals surface area contributed by atoms with Crippen molar-refractivity contribution >= 4 is 0 Å². The van der Waals surface area contributed by atoms with Gasteiger partial charge in [0.25, 0.3) is 0 Å². The van der Waals surface area contributed by atoms with Crippen molar-refractivity contribution in [2.75, 3.05) is 0 Å². The van der Waals surface area contributed by atoms with Crippen LogP contribution in [0.15, 0.2) is 31.0 Å². The van der Waals surface area contributed by atoms with Crippen LogP contribution in [-0.2, 0) is 7.05 Å². The van der Waals surface area contributed by atoms with Crippen molar-refractivity contribution < 1.29 is 0 Å². The van der Waals surface area contributed by atoms with Crippen LogP contribution in [0.25, 0.3) is 11.3 Å². The lowest BCUT2D eigenvalue weighted by atomic mass is 10.1. The summed E-state index contributed by atoms with van der Waals surface area (Å²) in [6.07, 6.45) is 7.31. The first kappa shape index (κ1) is 7.98. The number of hydrogen-bond acceptors (Lipinski definition) is 2. The van der Waals surface area contributed by atoms with Gasteiger partial charge in [-0.25, -0.2) is 4.98 Å². The molecule has 2 aromatic rings. The first-order valence-corrected chi connectivity index (χ1v) is 4.16. The van der Waals surface area contributed by atoms with E-state index in [9.17, 15) is 0 Å². The van der Waals surface area contributed by atoms with Gasteiger partial charge in [-0.05, 0) is 18.6 Å². The predicted molar refractivity (Wildman–Crippen MR) is 51.2 cm³/mol. The van der Waals surface area contributed by atoms with E-state index in [0.29, 0.717) is 0 Å². The highest BCUT2D eigenvalue weighted by Crippen LogP contribution is 2.20. The summed E-state index contributed by atoms with van der Waals surface area (Å²) < 4.78 is 1.99. The number of nitrogens with zero attached hydrogens (tertiary/aromatic N) is 3. The molecule has 2 aromatic heterocycles. The third kappa shape index (κ3) is 1.33. The van der Waals surface area contributed by atoms with Gasteiger partial charge in [0, 0.05) is 25.0 Å². The third-order valence-corrected chi connectivity index (χ3v) is 2.13. The number of aromatic nitrogens is 3. The van der Waals surface area contributed by atoms with E-state index in [2.05, 4.69) is 16.9 Å². The van der Waals surface area contributed by atoms with Gasteiger partial charge >= 0.3 is 0 Å². The van der Waals surface area contributed by atoms with Crippen LogP contribution in [0.4, 0.5) is 0 Å². The summed E-state index contributed by atoms with van der Waals surface area (Å²) >= 11 is 0. The molecule has 0 amide bonds. The van der Waals surface area contributed by atoms with Gasteiger partial charge < -0.3 is 4.57 Å². The van der Waals surface area contributed by atoms with Crippen molar-refractivity contribution in [2.24, 2.45) is 7.05 Å². The van der Waals surface area contributed by atoms with E-state index in [1.807, 2.05) is 30.1 Å². The Hall–Kier alpha value is -1.64. The summed E-state index contributed by atoms with van der Waals surface area (Å²) in [4.78, 5) is 8.18. The van der Waals surface area contributed by atoms with Gasteiger partial charge in [0.2, 0.25) is 0 Å². The van der Waals surface area contributed by atoms with E-state index >= 15 is 0 Å². The molecule has 2 rings (SSSR count). The Morgan fingerprint density at radius 1 is 1.23 bits per heavy atom. The molecule has 0 fully saturated rings. The van der Waals surface area contributed by atoms with Crippen molar-refractivity contribution in [1.82, 2.24) is 14.5 Å². The maximum atomic E-state index is 4.10. The quantitative estimate of drug-likeness (QED) is 0.658. The minimum absolute atomic E-state index is 1.10. The van der Waals surface area contributed by atoms with Crippen LogP contribution in [0.2, 0.25) is 0 Å². The Labute approximate surface area is 77.1 Å². The molecular formula is C10H11N3. The normalized spacial score (nSPS) is 10.3. The summed E-state index contributed by atoms with van der Waals surface area (Å²) in [5.74, 6) is 0. The van der Waals surface area contributed by atoms with Gasteiger partial charge in [0.1, 0.15) is 0 Å². The van der Waals surface area contributed by atoms with Crippen LogP contribution in [0, 0.1) is 6.92 Å². The Morgan fingerprint density at radius 3 is 2.69 bits per heavy atom. The monoisotopic (exact) mass is 173 g/mol. The molecule has 3 nitrogen and oxygen atoms in total.